The normalized spacial score (nSPS) is 12.4. The van der Waals surface area contributed by atoms with Crippen LogP contribution in [0, 0.1) is 16.7 Å². The lowest BCUT2D eigenvalue weighted by atomic mass is 9.86. The van der Waals surface area contributed by atoms with E-state index in [1.54, 1.807) is 26.8 Å². The number of hydrogen-bond donors (Lipinski definition) is 1. The van der Waals surface area contributed by atoms with Crippen LogP contribution in [-0.4, -0.2) is 5.91 Å². The number of hydrogen-bond acceptors (Lipinski definition) is 3. The summed E-state index contributed by atoms with van der Waals surface area (Å²) in [5.41, 5.74) is -0.308. The highest BCUT2D eigenvalue weighted by Gasteiger charge is 2.31. The Bertz CT molecular complexity index is 1320. The highest BCUT2D eigenvalue weighted by molar-refractivity contribution is 6.32. The van der Waals surface area contributed by atoms with Gasteiger partial charge in [-0.05, 0) is 41.5 Å². The van der Waals surface area contributed by atoms with Gasteiger partial charge in [-0.2, -0.15) is 18.4 Å². The first kappa shape index (κ1) is 26.8. The van der Waals surface area contributed by atoms with Crippen LogP contribution in [0.25, 0.3) is 5.57 Å². The molecule has 0 aliphatic heterocycles. The zero-order valence-electron chi connectivity index (χ0n) is 19.9. The van der Waals surface area contributed by atoms with Crippen molar-refractivity contribution in [2.45, 2.75) is 33.6 Å². The van der Waals surface area contributed by atoms with Crippen molar-refractivity contribution in [1.82, 2.24) is 5.32 Å². The highest BCUT2D eigenvalue weighted by atomic mass is 35.5. The molecule has 3 aromatic carbocycles. The maximum absolute atomic E-state index is 13.2. The molecule has 1 amide bonds. The van der Waals surface area contributed by atoms with E-state index >= 15 is 0 Å². The largest absolute Gasteiger partial charge is 0.487 e. The third kappa shape index (κ3) is 6.67. The van der Waals surface area contributed by atoms with E-state index in [2.05, 4.69) is 5.32 Å². The van der Waals surface area contributed by atoms with Gasteiger partial charge < -0.3 is 10.1 Å². The Hall–Kier alpha value is -3.76. The van der Waals surface area contributed by atoms with Crippen LogP contribution in [0.15, 0.2) is 78.5 Å². The average molecular weight is 513 g/mol. The molecule has 0 spiro atoms. The molecule has 0 aliphatic rings. The maximum atomic E-state index is 13.2. The summed E-state index contributed by atoms with van der Waals surface area (Å²) in [6, 6.07) is 20.5. The van der Waals surface area contributed by atoms with Gasteiger partial charge in [0.1, 0.15) is 18.4 Å². The van der Waals surface area contributed by atoms with Gasteiger partial charge in [-0.3, -0.25) is 4.79 Å². The van der Waals surface area contributed by atoms with Gasteiger partial charge >= 0.3 is 6.18 Å². The van der Waals surface area contributed by atoms with Gasteiger partial charge in [-0.1, -0.05) is 74.8 Å². The van der Waals surface area contributed by atoms with E-state index in [0.29, 0.717) is 12.4 Å². The molecule has 0 atom stereocenters. The molecule has 0 bridgehead atoms. The van der Waals surface area contributed by atoms with Crippen LogP contribution in [0.5, 0.6) is 5.75 Å². The van der Waals surface area contributed by atoms with Crippen LogP contribution in [0.3, 0.4) is 0 Å². The number of ether oxygens (including phenoxy) is 1. The van der Waals surface area contributed by atoms with Crippen LogP contribution >= 0.6 is 11.6 Å². The number of nitriles is 1. The summed E-state index contributed by atoms with van der Waals surface area (Å²) in [4.78, 5) is 13.1. The summed E-state index contributed by atoms with van der Waals surface area (Å²) < 4.78 is 45.4. The standard InChI is InChI=1S/C28H24ClF3N2O2/c1-27(2,3)25(22(16-33)19-10-7-11-21(14-19)28(30,31)32)34-26(35)20-12-13-24(23(29)15-20)36-17-18-8-5-4-6-9-18/h4-15H,17H2,1-3H3,(H,34,35). The Morgan fingerprint density at radius 3 is 2.25 bits per heavy atom. The van der Waals surface area contributed by atoms with Crippen molar-refractivity contribution in [2.24, 2.45) is 5.41 Å². The van der Waals surface area contributed by atoms with Crippen LogP contribution in [0.2, 0.25) is 5.02 Å². The number of allylic oxidation sites excluding steroid dienone is 2. The summed E-state index contributed by atoms with van der Waals surface area (Å²) in [5, 5.41) is 12.8. The van der Waals surface area contributed by atoms with E-state index in [-0.39, 0.29) is 27.4 Å². The summed E-state index contributed by atoms with van der Waals surface area (Å²) in [7, 11) is 0. The smallest absolute Gasteiger partial charge is 0.416 e. The predicted octanol–water partition coefficient (Wildman–Crippen LogP) is 7.65. The Labute approximate surface area is 213 Å². The SMILES string of the molecule is CC(C)(C)C(NC(=O)c1ccc(OCc2ccccc2)c(Cl)c1)=C(C#N)c1cccc(C(F)(F)F)c1. The topological polar surface area (TPSA) is 62.1 Å². The van der Waals surface area contributed by atoms with Gasteiger partial charge in [0.05, 0.1) is 16.2 Å². The number of alkyl halides is 3. The molecular formula is C28H24ClF3N2O2. The molecule has 4 nitrogen and oxygen atoms in total. The number of nitrogens with zero attached hydrogens (tertiary/aromatic N) is 1. The van der Waals surface area contributed by atoms with Crippen LogP contribution < -0.4 is 10.1 Å². The summed E-state index contributed by atoms with van der Waals surface area (Å²) in [6.45, 7) is 5.55. The monoisotopic (exact) mass is 512 g/mol. The molecule has 0 radical (unpaired) electrons. The summed E-state index contributed by atoms with van der Waals surface area (Å²) >= 11 is 6.34. The second kappa shape index (κ2) is 10.9. The van der Waals surface area contributed by atoms with Gasteiger partial charge in [-0.15, -0.1) is 0 Å². The number of amides is 1. The first-order valence-corrected chi connectivity index (χ1v) is 11.4. The van der Waals surface area contributed by atoms with Gasteiger partial charge in [0, 0.05) is 16.7 Å². The summed E-state index contributed by atoms with van der Waals surface area (Å²) in [6.07, 6.45) is -4.57. The van der Waals surface area contributed by atoms with Gasteiger partial charge in [-0.25, -0.2) is 0 Å². The molecule has 0 saturated heterocycles. The van der Waals surface area contributed by atoms with Crippen molar-refractivity contribution < 1.29 is 22.7 Å². The predicted molar refractivity (Wildman–Crippen MR) is 133 cm³/mol. The van der Waals surface area contributed by atoms with Crippen molar-refractivity contribution in [2.75, 3.05) is 0 Å². The number of benzene rings is 3. The highest BCUT2D eigenvalue weighted by Crippen LogP contribution is 2.35. The molecule has 1 N–H and O–H groups in total. The zero-order chi connectivity index (χ0) is 26.5. The molecule has 3 aromatic rings. The number of rotatable bonds is 6. The van der Waals surface area contributed by atoms with E-state index in [0.717, 1.165) is 17.7 Å². The first-order valence-electron chi connectivity index (χ1n) is 11.0. The van der Waals surface area contributed by atoms with Crippen molar-refractivity contribution in [3.8, 4) is 11.8 Å². The fourth-order valence-electron chi connectivity index (χ4n) is 3.42. The lowest BCUT2D eigenvalue weighted by molar-refractivity contribution is -0.137. The molecule has 186 valence electrons. The fraction of sp³-hybridized carbons (Fsp3) is 0.214. The minimum atomic E-state index is -4.57. The third-order valence-corrected chi connectivity index (χ3v) is 5.56. The zero-order valence-corrected chi connectivity index (χ0v) is 20.7. The Morgan fingerprint density at radius 2 is 1.67 bits per heavy atom. The number of nitrogens with one attached hydrogen (secondary N) is 1. The molecule has 0 aromatic heterocycles. The van der Waals surface area contributed by atoms with E-state index in [1.807, 2.05) is 36.4 Å². The van der Waals surface area contributed by atoms with Crippen molar-refractivity contribution >= 4 is 23.1 Å². The van der Waals surface area contributed by atoms with Crippen molar-refractivity contribution in [3.63, 3.8) is 0 Å². The van der Waals surface area contributed by atoms with Crippen molar-refractivity contribution in [3.05, 3.63) is 106 Å². The molecule has 3 rings (SSSR count). The molecule has 8 heteroatoms. The van der Waals surface area contributed by atoms with Crippen LogP contribution in [0.4, 0.5) is 13.2 Å². The molecule has 0 fully saturated rings. The maximum Gasteiger partial charge on any atom is 0.416 e. The second-order valence-corrected chi connectivity index (χ2v) is 9.47. The molecule has 0 heterocycles. The molecular weight excluding hydrogens is 489 g/mol. The van der Waals surface area contributed by atoms with Gasteiger partial charge in [0.2, 0.25) is 0 Å². The molecule has 0 unspecified atom stereocenters. The van der Waals surface area contributed by atoms with Gasteiger partial charge in [0.15, 0.2) is 0 Å². The van der Waals surface area contributed by atoms with Gasteiger partial charge in [0.25, 0.3) is 5.91 Å². The third-order valence-electron chi connectivity index (χ3n) is 5.26. The Morgan fingerprint density at radius 1 is 0.972 bits per heavy atom. The van der Waals surface area contributed by atoms with Crippen molar-refractivity contribution in [1.29, 1.82) is 5.26 Å². The number of carbonyl (C=O) groups excluding carboxylic acids is 1. The lowest BCUT2D eigenvalue weighted by Crippen LogP contribution is -2.31. The van der Waals surface area contributed by atoms with Crippen LogP contribution in [0.1, 0.15) is 47.8 Å². The molecule has 0 aliphatic carbocycles. The minimum absolute atomic E-state index is 0.0558. The van der Waals surface area contributed by atoms with E-state index in [4.69, 9.17) is 16.3 Å². The van der Waals surface area contributed by atoms with E-state index in [9.17, 15) is 23.2 Å². The average Bonchev–Trinajstić information content (AvgIpc) is 2.82. The number of halogens is 4. The minimum Gasteiger partial charge on any atom is -0.487 e. The van der Waals surface area contributed by atoms with E-state index in [1.165, 1.54) is 24.3 Å². The fourth-order valence-corrected chi connectivity index (χ4v) is 3.66. The summed E-state index contributed by atoms with van der Waals surface area (Å²) in [5.74, 6) is -0.165. The molecule has 36 heavy (non-hydrogen) atoms. The second-order valence-electron chi connectivity index (χ2n) is 9.06. The Balaban J connectivity index is 1.89. The van der Waals surface area contributed by atoms with E-state index < -0.39 is 23.1 Å². The number of carbonyl (C=O) groups is 1. The molecule has 0 saturated carbocycles. The Kier molecular flexibility index (Phi) is 8.11. The first-order chi connectivity index (χ1) is 16.9. The quantitative estimate of drug-likeness (QED) is 0.345. The van der Waals surface area contributed by atoms with Crippen LogP contribution in [-0.2, 0) is 12.8 Å². The lowest BCUT2D eigenvalue weighted by Gasteiger charge is -2.26.